The fourth-order valence-electron chi connectivity index (χ4n) is 4.45. The summed E-state index contributed by atoms with van der Waals surface area (Å²) in [6.45, 7) is 8.23. The van der Waals surface area contributed by atoms with Crippen LogP contribution in [0, 0.1) is 11.6 Å². The molecule has 1 fully saturated rings. The minimum atomic E-state index is -0.861. The number of halogens is 2. The van der Waals surface area contributed by atoms with E-state index in [1.54, 1.807) is 6.07 Å². The number of rotatable bonds is 7. The molecule has 0 atom stereocenters. The van der Waals surface area contributed by atoms with Crippen LogP contribution in [-0.4, -0.2) is 35.8 Å². The van der Waals surface area contributed by atoms with Gasteiger partial charge in [0.05, 0.1) is 5.70 Å². The van der Waals surface area contributed by atoms with Crippen LogP contribution in [-0.2, 0) is 6.42 Å². The lowest BCUT2D eigenvalue weighted by Crippen LogP contribution is -2.35. The van der Waals surface area contributed by atoms with E-state index in [1.165, 1.54) is 31.4 Å². The van der Waals surface area contributed by atoms with Crippen molar-refractivity contribution in [3.63, 3.8) is 0 Å². The molecule has 0 radical (unpaired) electrons. The highest BCUT2D eigenvalue weighted by Crippen LogP contribution is 2.31. The summed E-state index contributed by atoms with van der Waals surface area (Å²) in [5.74, 6) is -0.626. The van der Waals surface area contributed by atoms with Crippen molar-refractivity contribution in [3.8, 4) is 0 Å². The van der Waals surface area contributed by atoms with Crippen LogP contribution in [0.1, 0.15) is 63.1 Å². The molecule has 1 saturated heterocycles. The SMILES string of the molecule is CC/C(=N\C=C/N(C)/C(=C(\C)c1ccc(F)c(F)c1)c1ccc(N)c(CC)c1)N1CCCCC1. The summed E-state index contributed by atoms with van der Waals surface area (Å²) in [7, 11) is 1.94. The van der Waals surface area contributed by atoms with E-state index < -0.39 is 11.6 Å². The number of anilines is 1. The smallest absolute Gasteiger partial charge is 0.159 e. The van der Waals surface area contributed by atoms with Crippen LogP contribution in [0.4, 0.5) is 14.5 Å². The first-order valence-corrected chi connectivity index (χ1v) is 12.1. The molecule has 0 amide bonds. The number of aliphatic imine (C=N–C) groups is 1. The normalized spacial score (nSPS) is 15.6. The molecule has 6 heteroatoms. The molecule has 182 valence electrons. The standard InChI is InChI=1S/C28H36F2N4/c1-5-21-18-23(11-13-26(21)31)28(20(3)22-10-12-24(29)25(30)19-22)33(4)17-14-32-27(6-2)34-15-8-7-9-16-34/h10-14,17-19H,5-9,15-16,31H2,1-4H3/b17-14-,28-20+,32-27+. The maximum Gasteiger partial charge on any atom is 0.159 e. The predicted molar refractivity (Wildman–Crippen MR) is 139 cm³/mol. The molecular weight excluding hydrogens is 430 g/mol. The lowest BCUT2D eigenvalue weighted by Gasteiger charge is -2.29. The van der Waals surface area contributed by atoms with Gasteiger partial charge in [-0.25, -0.2) is 13.8 Å². The number of nitrogen functional groups attached to an aromatic ring is 1. The van der Waals surface area contributed by atoms with Gasteiger partial charge in [0.2, 0.25) is 0 Å². The summed E-state index contributed by atoms with van der Waals surface area (Å²) < 4.78 is 27.6. The molecule has 2 aromatic carbocycles. The molecule has 2 N–H and O–H groups in total. The van der Waals surface area contributed by atoms with Gasteiger partial charge in [0.25, 0.3) is 0 Å². The van der Waals surface area contributed by atoms with E-state index in [4.69, 9.17) is 10.7 Å². The van der Waals surface area contributed by atoms with Gasteiger partial charge >= 0.3 is 0 Å². The fraction of sp³-hybridized carbons (Fsp3) is 0.393. The summed E-state index contributed by atoms with van der Waals surface area (Å²) >= 11 is 0. The first kappa shape index (κ1) is 25.5. The average Bonchev–Trinajstić information content (AvgIpc) is 2.85. The summed E-state index contributed by atoms with van der Waals surface area (Å²) in [5.41, 5.74) is 11.2. The molecule has 0 spiro atoms. The van der Waals surface area contributed by atoms with Crippen LogP contribution in [0.25, 0.3) is 11.3 Å². The number of allylic oxidation sites excluding steroid dienone is 1. The Morgan fingerprint density at radius 1 is 1.03 bits per heavy atom. The third-order valence-electron chi connectivity index (χ3n) is 6.41. The van der Waals surface area contributed by atoms with Crippen LogP contribution in [0.5, 0.6) is 0 Å². The third-order valence-corrected chi connectivity index (χ3v) is 6.41. The van der Waals surface area contributed by atoms with Crippen molar-refractivity contribution in [2.45, 2.75) is 52.9 Å². The van der Waals surface area contributed by atoms with E-state index in [9.17, 15) is 8.78 Å². The number of aryl methyl sites for hydroxylation is 1. The Morgan fingerprint density at radius 3 is 2.38 bits per heavy atom. The van der Waals surface area contributed by atoms with Crippen molar-refractivity contribution < 1.29 is 8.78 Å². The first-order valence-electron chi connectivity index (χ1n) is 12.1. The highest BCUT2D eigenvalue weighted by atomic mass is 19.2. The highest BCUT2D eigenvalue weighted by molar-refractivity contribution is 5.90. The summed E-state index contributed by atoms with van der Waals surface area (Å²) in [6, 6.07) is 9.93. The molecule has 1 aliphatic heterocycles. The zero-order valence-corrected chi connectivity index (χ0v) is 20.7. The molecule has 4 nitrogen and oxygen atoms in total. The zero-order chi connectivity index (χ0) is 24.7. The van der Waals surface area contributed by atoms with Crippen LogP contribution < -0.4 is 5.73 Å². The number of benzene rings is 2. The van der Waals surface area contributed by atoms with Gasteiger partial charge in [-0.05, 0) is 79.1 Å². The maximum absolute atomic E-state index is 14.0. The van der Waals surface area contributed by atoms with Gasteiger partial charge in [-0.15, -0.1) is 0 Å². The zero-order valence-electron chi connectivity index (χ0n) is 20.7. The number of nitrogens with two attached hydrogens (primary N) is 1. The van der Waals surface area contributed by atoms with Gasteiger partial charge in [-0.2, -0.15) is 0 Å². The van der Waals surface area contributed by atoms with Crippen LogP contribution in [0.15, 0.2) is 53.8 Å². The van der Waals surface area contributed by atoms with E-state index in [0.717, 1.165) is 59.9 Å². The largest absolute Gasteiger partial charge is 0.399 e. The predicted octanol–water partition coefficient (Wildman–Crippen LogP) is 6.70. The molecule has 0 aromatic heterocycles. The lowest BCUT2D eigenvalue weighted by molar-refractivity contribution is 0.337. The molecule has 0 saturated carbocycles. The second-order valence-electron chi connectivity index (χ2n) is 8.73. The van der Waals surface area contributed by atoms with Crippen LogP contribution in [0.3, 0.4) is 0 Å². The van der Waals surface area contributed by atoms with E-state index in [-0.39, 0.29) is 0 Å². The van der Waals surface area contributed by atoms with E-state index >= 15 is 0 Å². The Labute approximate surface area is 202 Å². The molecule has 34 heavy (non-hydrogen) atoms. The third kappa shape index (κ3) is 6.04. The quantitative estimate of drug-likeness (QED) is 0.214. The number of hydrogen-bond donors (Lipinski definition) is 1. The average molecular weight is 467 g/mol. The monoisotopic (exact) mass is 466 g/mol. The van der Waals surface area contributed by atoms with E-state index in [0.29, 0.717) is 5.56 Å². The van der Waals surface area contributed by atoms with Crippen molar-refractivity contribution >= 4 is 22.8 Å². The number of hydrogen-bond acceptors (Lipinski definition) is 3. The minimum Gasteiger partial charge on any atom is -0.399 e. The number of nitrogens with zero attached hydrogens (tertiary/aromatic N) is 3. The van der Waals surface area contributed by atoms with E-state index in [1.807, 2.05) is 43.4 Å². The Kier molecular flexibility index (Phi) is 8.85. The molecule has 2 aromatic rings. The molecule has 1 aliphatic rings. The van der Waals surface area contributed by atoms with Gasteiger partial charge in [0, 0.05) is 44.6 Å². The molecule has 3 rings (SSSR count). The van der Waals surface area contributed by atoms with Gasteiger partial charge in [0.1, 0.15) is 5.84 Å². The molecule has 1 heterocycles. The molecule has 0 bridgehead atoms. The Hall–Kier alpha value is -3.15. The van der Waals surface area contributed by atoms with Crippen molar-refractivity contribution in [2.75, 3.05) is 25.9 Å². The topological polar surface area (TPSA) is 44.9 Å². The minimum absolute atomic E-state index is 0.620. The van der Waals surface area contributed by atoms with Crippen molar-refractivity contribution in [3.05, 3.63) is 77.1 Å². The van der Waals surface area contributed by atoms with Crippen LogP contribution in [0.2, 0.25) is 0 Å². The van der Waals surface area contributed by atoms with Gasteiger partial charge in [0.15, 0.2) is 11.6 Å². The molecular formula is C28H36F2N4. The summed E-state index contributed by atoms with van der Waals surface area (Å²) in [6.07, 6.45) is 9.12. The number of piperidine rings is 1. The van der Waals surface area contributed by atoms with E-state index in [2.05, 4.69) is 24.8 Å². The second kappa shape index (κ2) is 11.8. The Bertz CT molecular complexity index is 1080. The van der Waals surface area contributed by atoms with Crippen molar-refractivity contribution in [1.29, 1.82) is 0 Å². The highest BCUT2D eigenvalue weighted by Gasteiger charge is 2.15. The maximum atomic E-state index is 14.0. The fourth-order valence-corrected chi connectivity index (χ4v) is 4.45. The summed E-state index contributed by atoms with van der Waals surface area (Å²) in [5, 5.41) is 0. The summed E-state index contributed by atoms with van der Waals surface area (Å²) in [4.78, 5) is 9.10. The number of amidine groups is 1. The second-order valence-corrected chi connectivity index (χ2v) is 8.73. The Morgan fingerprint density at radius 2 is 1.74 bits per heavy atom. The Balaban J connectivity index is 2.01. The molecule has 0 unspecified atom stereocenters. The van der Waals surface area contributed by atoms with Gasteiger partial charge in [-0.1, -0.05) is 26.0 Å². The number of likely N-dealkylation sites (tertiary alicyclic amines) is 1. The van der Waals surface area contributed by atoms with Crippen LogP contribution >= 0.6 is 0 Å². The first-order chi connectivity index (χ1) is 16.3. The van der Waals surface area contributed by atoms with Gasteiger partial charge < -0.3 is 15.5 Å². The lowest BCUT2D eigenvalue weighted by atomic mass is 9.97. The molecule has 0 aliphatic carbocycles. The van der Waals surface area contributed by atoms with Crippen molar-refractivity contribution in [2.24, 2.45) is 4.99 Å². The van der Waals surface area contributed by atoms with Gasteiger partial charge in [-0.3, -0.25) is 0 Å². The van der Waals surface area contributed by atoms with Crippen molar-refractivity contribution in [1.82, 2.24) is 9.80 Å².